The molecular weight excluding hydrogens is 616 g/mol. The number of carboxylic acids is 1. The monoisotopic (exact) mass is 654 g/mol. The summed E-state index contributed by atoms with van der Waals surface area (Å²) < 4.78 is 0. The van der Waals surface area contributed by atoms with Gasteiger partial charge in [0.25, 0.3) is 0 Å². The van der Waals surface area contributed by atoms with Crippen LogP contribution in [0.25, 0.3) is 0 Å². The molecule has 0 spiro atoms. The van der Waals surface area contributed by atoms with E-state index in [0.29, 0.717) is 11.3 Å². The van der Waals surface area contributed by atoms with Crippen LogP contribution in [0.15, 0.2) is 24.3 Å². The van der Waals surface area contributed by atoms with Crippen LogP contribution < -0.4 is 44.2 Å². The van der Waals surface area contributed by atoms with Gasteiger partial charge in [-0.25, -0.2) is 4.79 Å². The van der Waals surface area contributed by atoms with Crippen LogP contribution in [0.1, 0.15) is 31.2 Å². The Labute approximate surface area is 261 Å². The standard InChI is InChI=1S/C26H38N8O10S/c1-45-7-6-15(23(40)34-18(26(43)44)11-21(30)38)31-25(42)17(10-20(29)37)33-24(41)16(8-12-2-4-13(35)5-3-12)32-22(39)14(27)9-19(28)36/h2-5,14-18,35H,6-11,27H2,1H3,(H2,28,36)(H2,29,37)(H2,30,38)(H,31,42)(H,32,39)(H,33,41)(H,34,40)(H,43,44)/t14-,15-,16-,17-,18-/m0/s1. The van der Waals surface area contributed by atoms with E-state index in [2.05, 4.69) is 21.3 Å². The molecule has 45 heavy (non-hydrogen) atoms. The molecule has 1 aromatic rings. The minimum Gasteiger partial charge on any atom is -0.508 e. The largest absolute Gasteiger partial charge is 0.508 e. The number of amides is 7. The third kappa shape index (κ3) is 14.4. The smallest absolute Gasteiger partial charge is 0.326 e. The van der Waals surface area contributed by atoms with Gasteiger partial charge >= 0.3 is 5.97 Å². The van der Waals surface area contributed by atoms with Gasteiger partial charge in [0.05, 0.1) is 25.3 Å². The molecule has 14 N–H and O–H groups in total. The number of hydrogen-bond donors (Lipinski definition) is 10. The number of carbonyl (C=O) groups excluding carboxylic acids is 7. The molecule has 1 rings (SSSR count). The summed E-state index contributed by atoms with van der Waals surface area (Å²) in [7, 11) is 0. The van der Waals surface area contributed by atoms with Crippen LogP contribution in [0, 0.1) is 0 Å². The number of rotatable bonds is 20. The lowest BCUT2D eigenvalue weighted by Gasteiger charge is -2.26. The van der Waals surface area contributed by atoms with Gasteiger partial charge in [-0.1, -0.05) is 12.1 Å². The first-order valence-electron chi connectivity index (χ1n) is 13.4. The Kier molecular flexibility index (Phi) is 15.8. The highest BCUT2D eigenvalue weighted by Crippen LogP contribution is 2.12. The van der Waals surface area contributed by atoms with Gasteiger partial charge in [-0.3, -0.25) is 33.6 Å². The zero-order valence-corrected chi connectivity index (χ0v) is 25.1. The van der Waals surface area contributed by atoms with Crippen molar-refractivity contribution >= 4 is 59.1 Å². The van der Waals surface area contributed by atoms with Crippen molar-refractivity contribution in [2.75, 3.05) is 12.0 Å². The summed E-state index contributed by atoms with van der Waals surface area (Å²) in [6.45, 7) is 0. The summed E-state index contributed by atoms with van der Waals surface area (Å²) in [6, 6.07) is -2.00. The molecule has 18 nitrogen and oxygen atoms in total. The van der Waals surface area contributed by atoms with Crippen molar-refractivity contribution in [2.24, 2.45) is 22.9 Å². The SMILES string of the molecule is CSCC[C@H](NC(=O)[C@H](CC(N)=O)NC(=O)[C@H](Cc1ccc(O)cc1)NC(=O)[C@@H](N)CC(N)=O)C(=O)N[C@@H](CC(N)=O)C(=O)O. The summed E-state index contributed by atoms with van der Waals surface area (Å²) in [4.78, 5) is 97.9. The number of thioether (sulfide) groups is 1. The number of nitrogens with two attached hydrogens (primary N) is 4. The highest BCUT2D eigenvalue weighted by atomic mass is 32.2. The maximum absolute atomic E-state index is 13.4. The molecule has 0 fully saturated rings. The summed E-state index contributed by atoms with van der Waals surface area (Å²) in [5, 5.41) is 28.0. The van der Waals surface area contributed by atoms with Crippen LogP contribution >= 0.6 is 11.8 Å². The summed E-state index contributed by atoms with van der Waals surface area (Å²) in [5.41, 5.74) is 21.6. The zero-order chi connectivity index (χ0) is 34.3. The lowest BCUT2D eigenvalue weighted by Crippen LogP contribution is -2.59. The molecule has 1 aromatic carbocycles. The lowest BCUT2D eigenvalue weighted by atomic mass is 10.0. The first-order chi connectivity index (χ1) is 21.0. The number of phenolic OH excluding ortho intramolecular Hbond substituents is 1. The molecule has 0 radical (unpaired) electrons. The molecule has 0 heterocycles. The van der Waals surface area contributed by atoms with Gasteiger partial charge in [0.1, 0.15) is 29.9 Å². The molecule has 0 saturated heterocycles. The second-order valence-corrected chi connectivity index (χ2v) is 10.8. The number of primary amides is 3. The van der Waals surface area contributed by atoms with Gasteiger partial charge < -0.3 is 54.4 Å². The second-order valence-electron chi connectivity index (χ2n) is 9.85. The fraction of sp³-hybridized carbons (Fsp3) is 0.462. The van der Waals surface area contributed by atoms with Crippen LogP contribution in [0.4, 0.5) is 0 Å². The highest BCUT2D eigenvalue weighted by Gasteiger charge is 2.33. The molecular formula is C26H38N8O10S. The topological polar surface area (TPSA) is 329 Å². The molecule has 7 amide bonds. The molecule has 248 valence electrons. The Balaban J connectivity index is 3.25. The summed E-state index contributed by atoms with van der Waals surface area (Å²) in [6.07, 6.45) is -0.500. The van der Waals surface area contributed by atoms with Crippen molar-refractivity contribution in [3.8, 4) is 5.75 Å². The number of aromatic hydroxyl groups is 1. The van der Waals surface area contributed by atoms with Crippen LogP contribution in [-0.2, 0) is 44.8 Å². The Bertz CT molecular complexity index is 1260. The van der Waals surface area contributed by atoms with E-state index in [0.717, 1.165) is 0 Å². The van der Waals surface area contributed by atoms with E-state index < -0.39 is 96.8 Å². The number of carboxylic acid groups (broad SMARTS) is 1. The van der Waals surface area contributed by atoms with Crippen molar-refractivity contribution in [3.63, 3.8) is 0 Å². The molecule has 0 aliphatic rings. The molecule has 0 unspecified atom stereocenters. The second kappa shape index (κ2) is 18.7. The number of benzene rings is 1. The predicted octanol–water partition coefficient (Wildman–Crippen LogP) is -4.33. The van der Waals surface area contributed by atoms with Gasteiger partial charge in [-0.2, -0.15) is 11.8 Å². The van der Waals surface area contributed by atoms with E-state index in [1.54, 1.807) is 6.26 Å². The molecule has 0 aliphatic carbocycles. The van der Waals surface area contributed by atoms with Crippen molar-refractivity contribution in [2.45, 2.75) is 62.3 Å². The van der Waals surface area contributed by atoms with E-state index in [1.807, 2.05) is 0 Å². The third-order valence-corrected chi connectivity index (χ3v) is 6.71. The number of nitrogens with one attached hydrogen (secondary N) is 4. The molecule has 5 atom stereocenters. The Morgan fingerprint density at radius 2 is 1.13 bits per heavy atom. The van der Waals surface area contributed by atoms with Gasteiger partial charge in [0.15, 0.2) is 0 Å². The van der Waals surface area contributed by atoms with Crippen LogP contribution in [0.2, 0.25) is 0 Å². The van der Waals surface area contributed by atoms with E-state index in [4.69, 9.17) is 22.9 Å². The average molecular weight is 655 g/mol. The van der Waals surface area contributed by atoms with Crippen molar-refractivity contribution in [3.05, 3.63) is 29.8 Å². The van der Waals surface area contributed by atoms with Crippen molar-refractivity contribution in [1.82, 2.24) is 21.3 Å². The molecule has 0 aromatic heterocycles. The minimum atomic E-state index is -1.69. The fourth-order valence-corrected chi connectivity index (χ4v) is 4.27. The van der Waals surface area contributed by atoms with Crippen LogP contribution in [-0.4, -0.2) is 99.8 Å². The molecule has 19 heteroatoms. The molecule has 0 saturated carbocycles. The van der Waals surface area contributed by atoms with E-state index in [1.165, 1.54) is 36.0 Å². The first kappa shape index (κ1) is 38.1. The quantitative estimate of drug-likeness (QED) is 0.0638. The minimum absolute atomic E-state index is 0.0177. The van der Waals surface area contributed by atoms with E-state index in [9.17, 15) is 48.6 Å². The number of phenols is 1. The van der Waals surface area contributed by atoms with Crippen molar-refractivity contribution in [1.29, 1.82) is 0 Å². The molecule has 0 bridgehead atoms. The van der Waals surface area contributed by atoms with Gasteiger partial charge in [-0.15, -0.1) is 0 Å². The number of carbonyl (C=O) groups is 8. The maximum Gasteiger partial charge on any atom is 0.326 e. The predicted molar refractivity (Wildman–Crippen MR) is 160 cm³/mol. The first-order valence-corrected chi connectivity index (χ1v) is 14.7. The van der Waals surface area contributed by atoms with Gasteiger partial charge in [-0.05, 0) is 36.1 Å². The van der Waals surface area contributed by atoms with E-state index >= 15 is 0 Å². The average Bonchev–Trinajstić information content (AvgIpc) is 2.94. The zero-order valence-electron chi connectivity index (χ0n) is 24.3. The van der Waals surface area contributed by atoms with Crippen LogP contribution in [0.5, 0.6) is 5.75 Å². The normalized spacial score (nSPS) is 14.0. The fourth-order valence-electron chi connectivity index (χ4n) is 3.80. The summed E-state index contributed by atoms with van der Waals surface area (Å²) >= 11 is 1.30. The Morgan fingerprint density at radius 3 is 1.64 bits per heavy atom. The Hall–Kier alpha value is -4.91. The van der Waals surface area contributed by atoms with Gasteiger partial charge in [0.2, 0.25) is 41.4 Å². The van der Waals surface area contributed by atoms with Gasteiger partial charge in [0, 0.05) is 6.42 Å². The highest BCUT2D eigenvalue weighted by molar-refractivity contribution is 7.98. The summed E-state index contributed by atoms with van der Waals surface area (Å²) in [5.74, 6) is -8.14. The lowest BCUT2D eigenvalue weighted by molar-refractivity contribution is -0.143. The maximum atomic E-state index is 13.4. The Morgan fingerprint density at radius 1 is 0.689 bits per heavy atom. The van der Waals surface area contributed by atoms with Crippen LogP contribution in [0.3, 0.4) is 0 Å². The van der Waals surface area contributed by atoms with E-state index in [-0.39, 0.29) is 18.6 Å². The number of hydrogen-bond acceptors (Lipinski definition) is 11. The third-order valence-electron chi connectivity index (χ3n) is 6.07. The molecule has 0 aliphatic heterocycles. The van der Waals surface area contributed by atoms with Crippen molar-refractivity contribution < 1.29 is 48.6 Å². The number of aliphatic carboxylic acids is 1.